The average Bonchev–Trinajstić information content (AvgIpc) is 2.94. The lowest BCUT2D eigenvalue weighted by atomic mass is 10.2. The zero-order valence-corrected chi connectivity index (χ0v) is 13.5. The van der Waals surface area contributed by atoms with E-state index in [0.717, 1.165) is 4.83 Å². The van der Waals surface area contributed by atoms with Crippen molar-refractivity contribution in [3.05, 3.63) is 28.1 Å². The molecular formula is C15H19N3O3S. The fourth-order valence-corrected chi connectivity index (χ4v) is 3.53. The molecule has 2 unspecified atom stereocenters. The lowest BCUT2D eigenvalue weighted by Gasteiger charge is -2.35. The molecule has 2 aromatic rings. The van der Waals surface area contributed by atoms with E-state index in [4.69, 9.17) is 4.74 Å². The molecule has 0 saturated carbocycles. The summed E-state index contributed by atoms with van der Waals surface area (Å²) < 4.78 is 7.14. The van der Waals surface area contributed by atoms with Crippen molar-refractivity contribution < 1.29 is 9.53 Å². The van der Waals surface area contributed by atoms with Crippen molar-refractivity contribution in [3.8, 4) is 0 Å². The molecule has 22 heavy (non-hydrogen) atoms. The maximum absolute atomic E-state index is 12.3. The molecule has 1 amide bonds. The van der Waals surface area contributed by atoms with Crippen LogP contribution >= 0.6 is 11.3 Å². The van der Waals surface area contributed by atoms with Gasteiger partial charge in [0.2, 0.25) is 5.91 Å². The van der Waals surface area contributed by atoms with Crippen LogP contribution in [0.15, 0.2) is 22.6 Å². The number of hydrogen-bond donors (Lipinski definition) is 0. The Hall–Kier alpha value is -1.73. The van der Waals surface area contributed by atoms with Crippen molar-refractivity contribution in [3.63, 3.8) is 0 Å². The van der Waals surface area contributed by atoms with Crippen molar-refractivity contribution in [2.45, 2.75) is 39.0 Å². The van der Waals surface area contributed by atoms with E-state index in [2.05, 4.69) is 4.98 Å². The molecule has 0 aromatic carbocycles. The second kappa shape index (κ2) is 6.18. The molecule has 1 saturated heterocycles. The number of aromatic nitrogens is 2. The molecule has 3 rings (SSSR count). The van der Waals surface area contributed by atoms with Crippen molar-refractivity contribution in [2.75, 3.05) is 13.1 Å². The maximum Gasteiger partial charge on any atom is 0.262 e. The highest BCUT2D eigenvalue weighted by molar-refractivity contribution is 7.16. The van der Waals surface area contributed by atoms with E-state index in [1.165, 1.54) is 22.2 Å². The molecule has 1 fully saturated rings. The SMILES string of the molecule is CC1CN(C(=O)CCn2cnc3sccc3c2=O)CC(C)O1. The van der Waals surface area contributed by atoms with Crippen molar-refractivity contribution in [1.29, 1.82) is 0 Å². The number of rotatable bonds is 3. The third-order valence-corrected chi connectivity index (χ3v) is 4.61. The van der Waals surface area contributed by atoms with Gasteiger partial charge < -0.3 is 9.64 Å². The second-order valence-electron chi connectivity index (χ2n) is 5.69. The van der Waals surface area contributed by atoms with Gasteiger partial charge in [-0.25, -0.2) is 4.98 Å². The van der Waals surface area contributed by atoms with Crippen LogP contribution in [-0.4, -0.2) is 45.7 Å². The van der Waals surface area contributed by atoms with Crippen LogP contribution in [0.2, 0.25) is 0 Å². The van der Waals surface area contributed by atoms with E-state index in [1.54, 1.807) is 6.07 Å². The highest BCUT2D eigenvalue weighted by Gasteiger charge is 2.25. The van der Waals surface area contributed by atoms with Gasteiger partial charge in [0.05, 0.1) is 23.9 Å². The van der Waals surface area contributed by atoms with Gasteiger partial charge in [0.15, 0.2) is 0 Å². The Kier molecular flexibility index (Phi) is 4.26. The first-order chi connectivity index (χ1) is 10.5. The van der Waals surface area contributed by atoms with Gasteiger partial charge in [-0.05, 0) is 25.3 Å². The topological polar surface area (TPSA) is 64.4 Å². The summed E-state index contributed by atoms with van der Waals surface area (Å²) in [5.41, 5.74) is -0.0808. The number of ether oxygens (including phenoxy) is 1. The van der Waals surface area contributed by atoms with Crippen molar-refractivity contribution in [1.82, 2.24) is 14.5 Å². The second-order valence-corrected chi connectivity index (χ2v) is 6.58. The third-order valence-electron chi connectivity index (χ3n) is 3.79. The van der Waals surface area contributed by atoms with Crippen LogP contribution < -0.4 is 5.56 Å². The Bertz CT molecular complexity index is 729. The Morgan fingerprint density at radius 1 is 1.41 bits per heavy atom. The third kappa shape index (κ3) is 3.05. The number of hydrogen-bond acceptors (Lipinski definition) is 5. The molecule has 118 valence electrons. The van der Waals surface area contributed by atoms with Gasteiger partial charge in [-0.3, -0.25) is 14.2 Å². The lowest BCUT2D eigenvalue weighted by Crippen LogP contribution is -2.48. The molecule has 2 aromatic heterocycles. The number of amides is 1. The molecule has 0 N–H and O–H groups in total. The molecule has 7 heteroatoms. The minimum Gasteiger partial charge on any atom is -0.372 e. The minimum absolute atomic E-state index is 0.0549. The zero-order chi connectivity index (χ0) is 15.7. The average molecular weight is 321 g/mol. The molecule has 1 aliphatic rings. The molecule has 2 atom stereocenters. The molecule has 0 spiro atoms. The van der Waals surface area contributed by atoms with E-state index >= 15 is 0 Å². The first-order valence-electron chi connectivity index (χ1n) is 7.40. The van der Waals surface area contributed by atoms with Crippen molar-refractivity contribution >= 4 is 27.5 Å². The number of nitrogens with zero attached hydrogens (tertiary/aromatic N) is 3. The van der Waals surface area contributed by atoms with Gasteiger partial charge in [-0.15, -0.1) is 11.3 Å². The fraction of sp³-hybridized carbons (Fsp3) is 0.533. The van der Waals surface area contributed by atoms with E-state index in [9.17, 15) is 9.59 Å². The van der Waals surface area contributed by atoms with E-state index in [1.807, 2.05) is 24.1 Å². The predicted molar refractivity (Wildman–Crippen MR) is 85.1 cm³/mol. The number of aryl methyl sites for hydroxylation is 1. The Labute approximate surface area is 132 Å². The van der Waals surface area contributed by atoms with Crippen LogP contribution in [0, 0.1) is 0 Å². The number of morpholine rings is 1. The number of thiophene rings is 1. The predicted octanol–water partition coefficient (Wildman–Crippen LogP) is 1.48. The van der Waals surface area contributed by atoms with Gasteiger partial charge in [0.1, 0.15) is 4.83 Å². The van der Waals surface area contributed by atoms with Gasteiger partial charge >= 0.3 is 0 Å². The van der Waals surface area contributed by atoms with Crippen LogP contribution in [0.4, 0.5) is 0 Å². The van der Waals surface area contributed by atoms with Gasteiger partial charge in [0, 0.05) is 26.1 Å². The zero-order valence-electron chi connectivity index (χ0n) is 12.7. The largest absolute Gasteiger partial charge is 0.372 e. The first-order valence-corrected chi connectivity index (χ1v) is 8.28. The molecule has 6 nitrogen and oxygen atoms in total. The summed E-state index contributed by atoms with van der Waals surface area (Å²) in [6.45, 7) is 5.51. The smallest absolute Gasteiger partial charge is 0.262 e. The molecule has 3 heterocycles. The monoisotopic (exact) mass is 321 g/mol. The Morgan fingerprint density at radius 2 is 2.14 bits per heavy atom. The van der Waals surface area contributed by atoms with E-state index < -0.39 is 0 Å². The molecule has 0 bridgehead atoms. The summed E-state index contributed by atoms with van der Waals surface area (Å²) in [6, 6.07) is 1.78. The van der Waals surface area contributed by atoms with Crippen molar-refractivity contribution in [2.24, 2.45) is 0 Å². The number of carbonyl (C=O) groups is 1. The van der Waals surface area contributed by atoms with Crippen LogP contribution in [0.25, 0.3) is 10.2 Å². The quantitative estimate of drug-likeness (QED) is 0.859. The van der Waals surface area contributed by atoms with Gasteiger partial charge in [-0.2, -0.15) is 0 Å². The highest BCUT2D eigenvalue weighted by Crippen LogP contribution is 2.14. The molecule has 1 aliphatic heterocycles. The van der Waals surface area contributed by atoms with Crippen LogP contribution in [0.3, 0.4) is 0 Å². The first kappa shape index (κ1) is 15.2. The van der Waals surface area contributed by atoms with E-state index in [-0.39, 0.29) is 23.7 Å². The lowest BCUT2D eigenvalue weighted by molar-refractivity contribution is -0.143. The molecule has 0 radical (unpaired) electrons. The van der Waals surface area contributed by atoms with E-state index in [0.29, 0.717) is 31.4 Å². The standard InChI is InChI=1S/C15H19N3O3S/c1-10-7-18(8-11(2)21-10)13(19)3-5-17-9-16-14-12(15(17)20)4-6-22-14/h4,6,9-11H,3,5,7-8H2,1-2H3. The van der Waals surface area contributed by atoms with Gasteiger partial charge in [-0.1, -0.05) is 0 Å². The van der Waals surface area contributed by atoms with Crippen LogP contribution in [-0.2, 0) is 16.1 Å². The fourth-order valence-electron chi connectivity index (χ4n) is 2.81. The van der Waals surface area contributed by atoms with Crippen LogP contribution in [0.5, 0.6) is 0 Å². The summed E-state index contributed by atoms with van der Waals surface area (Å²) in [4.78, 5) is 31.4. The summed E-state index contributed by atoms with van der Waals surface area (Å²) in [7, 11) is 0. The van der Waals surface area contributed by atoms with Gasteiger partial charge in [0.25, 0.3) is 5.56 Å². The Balaban J connectivity index is 1.67. The Morgan fingerprint density at radius 3 is 2.86 bits per heavy atom. The molecular weight excluding hydrogens is 302 g/mol. The summed E-state index contributed by atoms with van der Waals surface area (Å²) in [6.07, 6.45) is 1.94. The summed E-state index contributed by atoms with van der Waals surface area (Å²) in [5.74, 6) is 0.0549. The summed E-state index contributed by atoms with van der Waals surface area (Å²) >= 11 is 1.44. The maximum atomic E-state index is 12.3. The summed E-state index contributed by atoms with van der Waals surface area (Å²) in [5, 5.41) is 2.47. The number of fused-ring (bicyclic) bond motifs is 1. The minimum atomic E-state index is -0.0808. The molecule has 0 aliphatic carbocycles. The normalized spacial score (nSPS) is 22.2. The van der Waals surface area contributed by atoms with Crippen LogP contribution in [0.1, 0.15) is 20.3 Å². The number of carbonyl (C=O) groups excluding carboxylic acids is 1. The highest BCUT2D eigenvalue weighted by atomic mass is 32.1.